The van der Waals surface area contributed by atoms with Gasteiger partial charge in [-0.25, -0.2) is 8.78 Å². The predicted molar refractivity (Wildman–Crippen MR) is 132 cm³/mol. The number of benzene rings is 3. The standard InChI is InChI=1S/C27H26F2N2O4S/c1-3-4-15-35-26(32)17-25-24-16-21(29)11-14-23(24)27(19-7-9-20(28)10-8-19)30-31(25)36(33,34)22-12-5-18(2)6-13-22/h5-14,16,25H,3-4,15,17H2,1-2H3. The van der Waals surface area contributed by atoms with Crippen LogP contribution >= 0.6 is 0 Å². The minimum Gasteiger partial charge on any atom is -0.466 e. The van der Waals surface area contributed by atoms with Crippen molar-refractivity contribution >= 4 is 21.7 Å². The van der Waals surface area contributed by atoms with Gasteiger partial charge in [0, 0.05) is 11.1 Å². The maximum Gasteiger partial charge on any atom is 0.308 e. The van der Waals surface area contributed by atoms with Gasteiger partial charge < -0.3 is 4.74 Å². The lowest BCUT2D eigenvalue weighted by Crippen LogP contribution is -2.37. The molecule has 6 nitrogen and oxygen atoms in total. The summed E-state index contributed by atoms with van der Waals surface area (Å²) < 4.78 is 61.8. The number of carbonyl (C=O) groups excluding carboxylic acids is 1. The number of aryl methyl sites for hydroxylation is 1. The monoisotopic (exact) mass is 512 g/mol. The first-order valence-corrected chi connectivity index (χ1v) is 13.1. The largest absolute Gasteiger partial charge is 0.466 e. The molecule has 1 aliphatic heterocycles. The molecule has 0 fully saturated rings. The highest BCUT2D eigenvalue weighted by Gasteiger charge is 2.39. The zero-order valence-corrected chi connectivity index (χ0v) is 20.8. The maximum absolute atomic E-state index is 14.5. The summed E-state index contributed by atoms with van der Waals surface area (Å²) in [5, 5.41) is 4.46. The van der Waals surface area contributed by atoms with Crippen molar-refractivity contribution in [3.63, 3.8) is 0 Å². The number of rotatable bonds is 8. The maximum atomic E-state index is 14.5. The Labute approximate surface area is 209 Å². The second-order valence-electron chi connectivity index (χ2n) is 8.57. The quantitative estimate of drug-likeness (QED) is 0.295. The van der Waals surface area contributed by atoms with Crippen LogP contribution in [0.15, 0.2) is 76.7 Å². The van der Waals surface area contributed by atoms with Crippen LogP contribution in [0.25, 0.3) is 0 Å². The summed E-state index contributed by atoms with van der Waals surface area (Å²) in [6, 6.07) is 14.4. The Balaban J connectivity index is 1.87. The molecule has 4 rings (SSSR count). The van der Waals surface area contributed by atoms with Crippen LogP contribution in [0.2, 0.25) is 0 Å². The zero-order chi connectivity index (χ0) is 25.9. The number of hydrogen-bond acceptors (Lipinski definition) is 5. The number of hydrazone groups is 1. The zero-order valence-electron chi connectivity index (χ0n) is 19.9. The Morgan fingerprint density at radius 1 is 1.00 bits per heavy atom. The molecule has 0 saturated carbocycles. The number of ether oxygens (including phenoxy) is 1. The van der Waals surface area contributed by atoms with E-state index in [2.05, 4.69) is 5.10 Å². The van der Waals surface area contributed by atoms with Gasteiger partial charge in [-0.1, -0.05) is 31.0 Å². The normalized spacial score (nSPS) is 15.3. The number of fused-ring (bicyclic) bond motifs is 1. The fourth-order valence-electron chi connectivity index (χ4n) is 3.96. The van der Waals surface area contributed by atoms with Crippen molar-refractivity contribution in [2.45, 2.75) is 44.0 Å². The minimum absolute atomic E-state index is 0.0282. The highest BCUT2D eigenvalue weighted by atomic mass is 32.2. The van der Waals surface area contributed by atoms with Gasteiger partial charge in [-0.2, -0.15) is 17.9 Å². The number of esters is 1. The molecule has 0 aliphatic carbocycles. The van der Waals surface area contributed by atoms with Crippen molar-refractivity contribution in [2.24, 2.45) is 5.10 Å². The van der Waals surface area contributed by atoms with Gasteiger partial charge in [0.15, 0.2) is 0 Å². The molecule has 1 aliphatic rings. The molecule has 9 heteroatoms. The van der Waals surface area contributed by atoms with Crippen molar-refractivity contribution < 1.29 is 26.7 Å². The van der Waals surface area contributed by atoms with Crippen LogP contribution in [0.5, 0.6) is 0 Å². The Hall–Kier alpha value is -3.59. The van der Waals surface area contributed by atoms with Crippen LogP contribution in [-0.2, 0) is 19.6 Å². The molecule has 188 valence electrons. The van der Waals surface area contributed by atoms with Crippen molar-refractivity contribution in [1.29, 1.82) is 0 Å². The van der Waals surface area contributed by atoms with Gasteiger partial charge in [-0.3, -0.25) is 4.79 Å². The van der Waals surface area contributed by atoms with Crippen LogP contribution in [0.4, 0.5) is 8.78 Å². The van der Waals surface area contributed by atoms with Gasteiger partial charge in [-0.15, -0.1) is 0 Å². The topological polar surface area (TPSA) is 76.0 Å². The van der Waals surface area contributed by atoms with Crippen molar-refractivity contribution in [2.75, 3.05) is 6.61 Å². The van der Waals surface area contributed by atoms with Crippen LogP contribution in [0.3, 0.4) is 0 Å². The van der Waals surface area contributed by atoms with E-state index in [1.54, 1.807) is 12.1 Å². The smallest absolute Gasteiger partial charge is 0.308 e. The third kappa shape index (κ3) is 5.31. The lowest BCUT2D eigenvalue weighted by atomic mass is 9.91. The van der Waals surface area contributed by atoms with Crippen molar-refractivity contribution in [1.82, 2.24) is 4.41 Å². The van der Waals surface area contributed by atoms with E-state index >= 15 is 0 Å². The van der Waals surface area contributed by atoms with Crippen LogP contribution in [-0.4, -0.2) is 31.1 Å². The van der Waals surface area contributed by atoms with Crippen LogP contribution in [0, 0.1) is 18.6 Å². The molecule has 1 atom stereocenters. The van der Waals surface area contributed by atoms with E-state index in [0.29, 0.717) is 17.5 Å². The predicted octanol–water partition coefficient (Wildman–Crippen LogP) is 5.50. The highest BCUT2D eigenvalue weighted by Crippen LogP contribution is 2.38. The van der Waals surface area contributed by atoms with E-state index < -0.39 is 33.7 Å². The molecule has 0 N–H and O–H groups in total. The minimum atomic E-state index is -4.26. The first kappa shape index (κ1) is 25.5. The van der Waals surface area contributed by atoms with E-state index in [-0.39, 0.29) is 29.2 Å². The average molecular weight is 513 g/mol. The number of halogens is 2. The number of nitrogens with zero attached hydrogens (tertiary/aromatic N) is 2. The molecule has 3 aromatic rings. The van der Waals surface area contributed by atoms with Crippen molar-refractivity contribution in [3.8, 4) is 0 Å². The molecule has 0 saturated heterocycles. The third-order valence-electron chi connectivity index (χ3n) is 5.90. The molecule has 0 amide bonds. The van der Waals surface area contributed by atoms with Gasteiger partial charge in [-0.05, 0) is 73.5 Å². The Morgan fingerprint density at radius 3 is 2.33 bits per heavy atom. The van der Waals surface area contributed by atoms with Gasteiger partial charge >= 0.3 is 5.97 Å². The lowest BCUT2D eigenvalue weighted by molar-refractivity contribution is -0.144. The molecule has 0 aromatic heterocycles. The molecule has 1 unspecified atom stereocenters. The third-order valence-corrected chi connectivity index (χ3v) is 7.59. The van der Waals surface area contributed by atoms with E-state index in [1.807, 2.05) is 13.8 Å². The van der Waals surface area contributed by atoms with E-state index in [0.717, 1.165) is 16.4 Å². The van der Waals surface area contributed by atoms with Gasteiger partial charge in [0.05, 0.1) is 23.6 Å². The average Bonchev–Trinajstić information content (AvgIpc) is 2.85. The second-order valence-corrected chi connectivity index (χ2v) is 10.4. The fraction of sp³-hybridized carbons (Fsp3) is 0.259. The molecular formula is C27H26F2N2O4S. The Bertz CT molecular complexity index is 1390. The van der Waals surface area contributed by atoms with Crippen LogP contribution in [0.1, 0.15) is 54.5 Å². The Kier molecular flexibility index (Phi) is 7.49. The fourth-order valence-corrected chi connectivity index (χ4v) is 5.37. The summed E-state index contributed by atoms with van der Waals surface area (Å²) in [6.45, 7) is 3.98. The van der Waals surface area contributed by atoms with Crippen LogP contribution < -0.4 is 0 Å². The molecule has 1 heterocycles. The van der Waals surface area contributed by atoms with Gasteiger partial charge in [0.2, 0.25) is 0 Å². The molecular weight excluding hydrogens is 486 g/mol. The first-order chi connectivity index (χ1) is 17.2. The second kappa shape index (κ2) is 10.6. The number of sulfonamides is 1. The summed E-state index contributed by atoms with van der Waals surface area (Å²) in [5.74, 6) is -1.68. The Morgan fingerprint density at radius 2 is 1.67 bits per heavy atom. The lowest BCUT2D eigenvalue weighted by Gasteiger charge is -2.34. The summed E-state index contributed by atoms with van der Waals surface area (Å²) in [5.41, 5.74) is 2.25. The molecule has 0 spiro atoms. The molecule has 36 heavy (non-hydrogen) atoms. The summed E-state index contributed by atoms with van der Waals surface area (Å²) in [7, 11) is -4.26. The first-order valence-electron chi connectivity index (χ1n) is 11.6. The highest BCUT2D eigenvalue weighted by molar-refractivity contribution is 7.89. The SMILES string of the molecule is CCCCOC(=O)CC1c2cc(F)ccc2C(c2ccc(F)cc2)=NN1S(=O)(=O)c1ccc(C)cc1. The van der Waals surface area contributed by atoms with Gasteiger partial charge in [0.1, 0.15) is 17.7 Å². The van der Waals surface area contributed by atoms with E-state index in [4.69, 9.17) is 4.74 Å². The molecule has 0 bridgehead atoms. The van der Waals surface area contributed by atoms with Gasteiger partial charge in [0.25, 0.3) is 10.0 Å². The van der Waals surface area contributed by atoms with Crippen molar-refractivity contribution in [3.05, 3.63) is 101 Å². The van der Waals surface area contributed by atoms with E-state index in [1.165, 1.54) is 54.6 Å². The summed E-state index contributed by atoms with van der Waals surface area (Å²) in [4.78, 5) is 12.7. The molecule has 0 radical (unpaired) electrons. The number of unbranched alkanes of at least 4 members (excludes halogenated alkanes) is 1. The number of carbonyl (C=O) groups is 1. The summed E-state index contributed by atoms with van der Waals surface area (Å²) >= 11 is 0. The van der Waals surface area contributed by atoms with E-state index in [9.17, 15) is 22.0 Å². The number of hydrogen-bond donors (Lipinski definition) is 0. The summed E-state index contributed by atoms with van der Waals surface area (Å²) in [6.07, 6.45) is 1.13. The molecule has 3 aromatic carbocycles.